The van der Waals surface area contributed by atoms with Crippen LogP contribution in [0.1, 0.15) is 19.4 Å². The molecule has 0 aliphatic carbocycles. The van der Waals surface area contributed by atoms with Gasteiger partial charge in [-0.1, -0.05) is 13.8 Å². The highest BCUT2D eigenvalue weighted by atomic mass is 19.1. The third-order valence-corrected chi connectivity index (χ3v) is 3.11. The highest BCUT2D eigenvalue weighted by Crippen LogP contribution is 2.10. The molecule has 1 N–H and O–H groups in total. The molecule has 0 saturated heterocycles. The first-order chi connectivity index (χ1) is 8.41. The van der Waals surface area contributed by atoms with E-state index in [2.05, 4.69) is 24.1 Å². The first kappa shape index (κ1) is 15.1. The normalized spacial score (nSPS) is 13.3. The van der Waals surface area contributed by atoms with Crippen molar-refractivity contribution < 1.29 is 8.78 Å². The van der Waals surface area contributed by atoms with Gasteiger partial charge in [-0.3, -0.25) is 0 Å². The second-order valence-corrected chi connectivity index (χ2v) is 5.14. The number of halogens is 2. The third kappa shape index (κ3) is 4.35. The highest BCUT2D eigenvalue weighted by Gasteiger charge is 2.15. The average molecular weight is 256 g/mol. The molecule has 0 bridgehead atoms. The molecular formula is C14H22F2N2. The van der Waals surface area contributed by atoms with Crippen LogP contribution in [0.5, 0.6) is 0 Å². The molecule has 1 aromatic carbocycles. The first-order valence-electron chi connectivity index (χ1n) is 6.23. The van der Waals surface area contributed by atoms with Crippen molar-refractivity contribution in [2.45, 2.75) is 26.4 Å². The van der Waals surface area contributed by atoms with E-state index in [1.165, 1.54) is 6.07 Å². The summed E-state index contributed by atoms with van der Waals surface area (Å²) < 4.78 is 26.4. The van der Waals surface area contributed by atoms with Gasteiger partial charge in [0.25, 0.3) is 0 Å². The Bertz CT molecular complexity index is 370. The lowest BCUT2D eigenvalue weighted by atomic mass is 10.0. The Morgan fingerprint density at radius 1 is 1.22 bits per heavy atom. The predicted molar refractivity (Wildman–Crippen MR) is 70.4 cm³/mol. The standard InChI is InChI=1S/C14H22F2N2/c1-10(2)14(18(3)4)9-17-8-11-7-12(15)5-6-13(11)16/h5-7,10,14,17H,8-9H2,1-4H3. The Labute approximate surface area is 108 Å². The van der Waals surface area contributed by atoms with Crippen molar-refractivity contribution >= 4 is 0 Å². The zero-order valence-corrected chi connectivity index (χ0v) is 11.5. The zero-order valence-electron chi connectivity index (χ0n) is 11.5. The van der Waals surface area contributed by atoms with Crippen LogP contribution in [0.4, 0.5) is 8.78 Å². The van der Waals surface area contributed by atoms with Gasteiger partial charge in [-0.15, -0.1) is 0 Å². The molecule has 0 spiro atoms. The molecule has 0 heterocycles. The van der Waals surface area contributed by atoms with Crippen molar-refractivity contribution in [2.75, 3.05) is 20.6 Å². The summed E-state index contributed by atoms with van der Waals surface area (Å²) in [6.45, 7) is 5.39. The van der Waals surface area contributed by atoms with Crippen molar-refractivity contribution in [3.8, 4) is 0 Å². The van der Waals surface area contributed by atoms with Crippen LogP contribution >= 0.6 is 0 Å². The lowest BCUT2D eigenvalue weighted by Crippen LogP contribution is -2.41. The Morgan fingerprint density at radius 2 is 1.89 bits per heavy atom. The van der Waals surface area contributed by atoms with Crippen molar-refractivity contribution in [3.63, 3.8) is 0 Å². The molecule has 1 aromatic rings. The van der Waals surface area contributed by atoms with Gasteiger partial charge < -0.3 is 10.2 Å². The van der Waals surface area contributed by atoms with E-state index < -0.39 is 5.82 Å². The molecule has 0 radical (unpaired) electrons. The minimum Gasteiger partial charge on any atom is -0.311 e. The lowest BCUT2D eigenvalue weighted by molar-refractivity contribution is 0.224. The summed E-state index contributed by atoms with van der Waals surface area (Å²) in [6, 6.07) is 3.91. The lowest BCUT2D eigenvalue weighted by Gasteiger charge is -2.28. The van der Waals surface area contributed by atoms with E-state index in [9.17, 15) is 8.78 Å². The quantitative estimate of drug-likeness (QED) is 0.841. The summed E-state index contributed by atoms with van der Waals surface area (Å²) in [4.78, 5) is 2.14. The summed E-state index contributed by atoms with van der Waals surface area (Å²) in [6.07, 6.45) is 0. The van der Waals surface area contributed by atoms with Crippen molar-refractivity contribution in [3.05, 3.63) is 35.4 Å². The van der Waals surface area contributed by atoms with Crippen LogP contribution in [0.2, 0.25) is 0 Å². The zero-order chi connectivity index (χ0) is 13.7. The van der Waals surface area contributed by atoms with Gasteiger partial charge >= 0.3 is 0 Å². The van der Waals surface area contributed by atoms with Gasteiger partial charge in [0.05, 0.1) is 0 Å². The minimum absolute atomic E-state index is 0.348. The van der Waals surface area contributed by atoms with Gasteiger partial charge in [0.2, 0.25) is 0 Å². The fraction of sp³-hybridized carbons (Fsp3) is 0.571. The number of hydrogen-bond acceptors (Lipinski definition) is 2. The SMILES string of the molecule is CC(C)C(CNCc1cc(F)ccc1F)N(C)C. The molecule has 0 aliphatic heterocycles. The molecule has 0 amide bonds. The van der Waals surface area contributed by atoms with E-state index in [-0.39, 0.29) is 5.82 Å². The second-order valence-electron chi connectivity index (χ2n) is 5.14. The number of likely N-dealkylation sites (N-methyl/N-ethyl adjacent to an activating group) is 1. The van der Waals surface area contributed by atoms with Crippen molar-refractivity contribution in [1.82, 2.24) is 10.2 Å². The van der Waals surface area contributed by atoms with Gasteiger partial charge in [-0.25, -0.2) is 8.78 Å². The smallest absolute Gasteiger partial charge is 0.127 e. The van der Waals surface area contributed by atoms with E-state index in [1.54, 1.807) is 0 Å². The van der Waals surface area contributed by atoms with Gasteiger partial charge in [0.1, 0.15) is 11.6 Å². The van der Waals surface area contributed by atoms with Gasteiger partial charge in [0.15, 0.2) is 0 Å². The summed E-state index contributed by atoms with van der Waals surface area (Å²) in [5.74, 6) is -0.263. The van der Waals surface area contributed by atoms with Crippen LogP contribution in [-0.4, -0.2) is 31.6 Å². The minimum atomic E-state index is -0.402. The molecule has 1 atom stereocenters. The molecule has 1 unspecified atom stereocenters. The molecule has 0 aliphatic rings. The molecular weight excluding hydrogens is 234 g/mol. The number of rotatable bonds is 6. The van der Waals surface area contributed by atoms with Crippen molar-refractivity contribution in [1.29, 1.82) is 0 Å². The van der Waals surface area contributed by atoms with Crippen LogP contribution in [0.25, 0.3) is 0 Å². The number of benzene rings is 1. The molecule has 0 saturated carbocycles. The van der Waals surface area contributed by atoms with Crippen molar-refractivity contribution in [2.24, 2.45) is 5.92 Å². The summed E-state index contributed by atoms with van der Waals surface area (Å²) in [5.41, 5.74) is 0.372. The third-order valence-electron chi connectivity index (χ3n) is 3.11. The summed E-state index contributed by atoms with van der Waals surface area (Å²) in [5, 5.41) is 3.18. The molecule has 1 rings (SSSR count). The van der Waals surface area contributed by atoms with Crippen LogP contribution in [-0.2, 0) is 6.54 Å². The van der Waals surface area contributed by atoms with Gasteiger partial charge in [0, 0.05) is 24.7 Å². The van der Waals surface area contributed by atoms with E-state index in [1.807, 2.05) is 14.1 Å². The molecule has 2 nitrogen and oxygen atoms in total. The van der Waals surface area contributed by atoms with E-state index in [0.717, 1.165) is 18.7 Å². The predicted octanol–water partition coefficient (Wildman–Crippen LogP) is 2.64. The molecule has 0 fully saturated rings. The largest absolute Gasteiger partial charge is 0.311 e. The van der Waals surface area contributed by atoms with Crippen LogP contribution in [0.3, 0.4) is 0 Å². The Kier molecular flexibility index (Phi) is 5.69. The highest BCUT2D eigenvalue weighted by molar-refractivity contribution is 5.18. The number of hydrogen-bond donors (Lipinski definition) is 1. The maximum atomic E-state index is 13.4. The van der Waals surface area contributed by atoms with Gasteiger partial charge in [-0.05, 0) is 38.2 Å². The maximum Gasteiger partial charge on any atom is 0.127 e. The number of nitrogens with zero attached hydrogens (tertiary/aromatic N) is 1. The van der Waals surface area contributed by atoms with Crippen LogP contribution in [0, 0.1) is 17.6 Å². The molecule has 0 aromatic heterocycles. The maximum absolute atomic E-state index is 13.4. The summed E-state index contributed by atoms with van der Waals surface area (Å²) in [7, 11) is 4.05. The topological polar surface area (TPSA) is 15.3 Å². The first-order valence-corrected chi connectivity index (χ1v) is 6.23. The molecule has 18 heavy (non-hydrogen) atoms. The fourth-order valence-corrected chi connectivity index (χ4v) is 2.05. The van der Waals surface area contributed by atoms with Gasteiger partial charge in [-0.2, -0.15) is 0 Å². The average Bonchev–Trinajstić information content (AvgIpc) is 2.27. The Hall–Kier alpha value is -1.00. The van der Waals surface area contributed by atoms with Crippen LogP contribution < -0.4 is 5.32 Å². The molecule has 102 valence electrons. The van der Waals surface area contributed by atoms with E-state index in [4.69, 9.17) is 0 Å². The van der Waals surface area contributed by atoms with E-state index in [0.29, 0.717) is 24.1 Å². The second kappa shape index (κ2) is 6.81. The van der Waals surface area contributed by atoms with E-state index >= 15 is 0 Å². The summed E-state index contributed by atoms with van der Waals surface area (Å²) >= 11 is 0. The number of nitrogens with one attached hydrogen (secondary N) is 1. The fourth-order valence-electron chi connectivity index (χ4n) is 2.05. The molecule has 4 heteroatoms. The monoisotopic (exact) mass is 256 g/mol. The Morgan fingerprint density at radius 3 is 2.44 bits per heavy atom. The van der Waals surface area contributed by atoms with Crippen LogP contribution in [0.15, 0.2) is 18.2 Å². The Balaban J connectivity index is 2.52.